The van der Waals surface area contributed by atoms with Gasteiger partial charge in [-0.05, 0) is 30.5 Å². The van der Waals surface area contributed by atoms with Crippen LogP contribution in [-0.4, -0.2) is 25.7 Å². The van der Waals surface area contributed by atoms with Gasteiger partial charge in [0.1, 0.15) is 6.61 Å². The molecule has 0 radical (unpaired) electrons. The zero-order valence-electron chi connectivity index (χ0n) is 9.41. The van der Waals surface area contributed by atoms with Crippen molar-refractivity contribution < 1.29 is 13.5 Å². The number of alkyl halides is 2. The van der Waals surface area contributed by atoms with Crippen LogP contribution in [-0.2, 0) is 11.2 Å². The van der Waals surface area contributed by atoms with E-state index in [1.807, 2.05) is 24.3 Å². The number of halogens is 3. The van der Waals surface area contributed by atoms with Gasteiger partial charge in [-0.25, -0.2) is 8.78 Å². The third-order valence-electron chi connectivity index (χ3n) is 2.26. The summed E-state index contributed by atoms with van der Waals surface area (Å²) in [6, 6.07) is 7.81. The van der Waals surface area contributed by atoms with Gasteiger partial charge in [0.2, 0.25) is 0 Å². The molecule has 0 aliphatic heterocycles. The van der Waals surface area contributed by atoms with Crippen LogP contribution >= 0.6 is 15.9 Å². The van der Waals surface area contributed by atoms with E-state index in [1.54, 1.807) is 0 Å². The first-order chi connectivity index (χ1) is 8.08. The lowest BCUT2D eigenvalue weighted by Gasteiger charge is -2.12. The first kappa shape index (κ1) is 14.5. The van der Waals surface area contributed by atoms with Gasteiger partial charge < -0.3 is 10.5 Å². The molecule has 0 saturated heterocycles. The number of benzene rings is 1. The maximum Gasteiger partial charge on any atom is 0.261 e. The summed E-state index contributed by atoms with van der Waals surface area (Å²) in [4.78, 5) is 0. The third-order valence-corrected chi connectivity index (χ3v) is 2.76. The zero-order valence-corrected chi connectivity index (χ0v) is 11.0. The van der Waals surface area contributed by atoms with Crippen molar-refractivity contribution in [3.63, 3.8) is 0 Å². The number of hydrogen-bond acceptors (Lipinski definition) is 2. The Morgan fingerprint density at radius 2 is 2.12 bits per heavy atom. The Hall–Kier alpha value is -0.520. The molecule has 0 saturated carbocycles. The van der Waals surface area contributed by atoms with Crippen LogP contribution in [0.3, 0.4) is 0 Å². The van der Waals surface area contributed by atoms with Crippen LogP contribution in [0.15, 0.2) is 28.7 Å². The van der Waals surface area contributed by atoms with Gasteiger partial charge in [-0.2, -0.15) is 0 Å². The summed E-state index contributed by atoms with van der Waals surface area (Å²) in [5.74, 6) is 0. The van der Waals surface area contributed by atoms with Crippen LogP contribution in [0.5, 0.6) is 0 Å². The highest BCUT2D eigenvalue weighted by Gasteiger charge is 2.06. The molecule has 1 unspecified atom stereocenters. The second-order valence-electron chi connectivity index (χ2n) is 3.85. The van der Waals surface area contributed by atoms with E-state index in [0.717, 1.165) is 16.5 Å². The molecule has 0 amide bonds. The lowest BCUT2D eigenvalue weighted by molar-refractivity contribution is 0.0153. The van der Waals surface area contributed by atoms with Crippen molar-refractivity contribution in [1.82, 2.24) is 0 Å². The van der Waals surface area contributed by atoms with Gasteiger partial charge in [0, 0.05) is 17.1 Å². The fourth-order valence-corrected chi connectivity index (χ4v) is 1.92. The average molecular weight is 308 g/mol. The van der Waals surface area contributed by atoms with E-state index in [4.69, 9.17) is 10.5 Å². The Labute approximate surface area is 108 Å². The van der Waals surface area contributed by atoms with E-state index in [2.05, 4.69) is 15.9 Å². The number of nitrogens with two attached hydrogens (primary N) is 1. The molecule has 0 aliphatic rings. The van der Waals surface area contributed by atoms with Crippen molar-refractivity contribution >= 4 is 15.9 Å². The quantitative estimate of drug-likeness (QED) is 0.786. The van der Waals surface area contributed by atoms with Gasteiger partial charge in [0.05, 0.1) is 0 Å². The maximum absolute atomic E-state index is 11.8. The van der Waals surface area contributed by atoms with E-state index in [1.165, 1.54) is 0 Å². The molecule has 1 rings (SSSR count). The van der Waals surface area contributed by atoms with E-state index in [9.17, 15) is 8.78 Å². The van der Waals surface area contributed by atoms with Crippen molar-refractivity contribution in [2.24, 2.45) is 5.73 Å². The van der Waals surface area contributed by atoms with Crippen LogP contribution in [0.4, 0.5) is 8.78 Å². The van der Waals surface area contributed by atoms with E-state index in [0.29, 0.717) is 6.42 Å². The molecule has 0 fully saturated rings. The molecule has 0 heterocycles. The van der Waals surface area contributed by atoms with Gasteiger partial charge in [-0.3, -0.25) is 0 Å². The monoisotopic (exact) mass is 307 g/mol. The molecule has 1 aromatic rings. The summed E-state index contributed by atoms with van der Waals surface area (Å²) in [6.07, 6.45) is -1.10. The second kappa shape index (κ2) is 7.74. The van der Waals surface area contributed by atoms with Crippen LogP contribution in [0, 0.1) is 0 Å². The van der Waals surface area contributed by atoms with Crippen LogP contribution in [0.1, 0.15) is 12.0 Å². The molecular formula is C12H16BrF2NO. The predicted octanol–water partition coefficient (Wildman–Crippen LogP) is 2.99. The molecular weight excluding hydrogens is 292 g/mol. The van der Waals surface area contributed by atoms with Gasteiger partial charge >= 0.3 is 0 Å². The highest BCUT2D eigenvalue weighted by atomic mass is 79.9. The Kier molecular flexibility index (Phi) is 6.62. The van der Waals surface area contributed by atoms with Crippen LogP contribution in [0.25, 0.3) is 0 Å². The van der Waals surface area contributed by atoms with Crippen molar-refractivity contribution in [2.45, 2.75) is 25.3 Å². The minimum atomic E-state index is -2.41. The summed E-state index contributed by atoms with van der Waals surface area (Å²) in [6.45, 7) is -0.233. The molecule has 0 spiro atoms. The molecule has 2 nitrogen and oxygen atoms in total. The van der Waals surface area contributed by atoms with Crippen molar-refractivity contribution in [2.75, 3.05) is 13.2 Å². The fourth-order valence-electron chi connectivity index (χ4n) is 1.48. The summed E-state index contributed by atoms with van der Waals surface area (Å²) < 4.78 is 29.4. The molecule has 0 aliphatic carbocycles. The van der Waals surface area contributed by atoms with E-state index < -0.39 is 13.0 Å². The average Bonchev–Trinajstić information content (AvgIpc) is 2.24. The number of rotatable bonds is 7. The Morgan fingerprint density at radius 3 is 2.76 bits per heavy atom. The molecule has 0 bridgehead atoms. The SMILES string of the molecule is NC(CCOCC(F)F)Cc1cccc(Br)c1. The Bertz CT molecular complexity index is 336. The maximum atomic E-state index is 11.8. The second-order valence-corrected chi connectivity index (χ2v) is 4.76. The molecule has 1 aromatic carbocycles. The van der Waals surface area contributed by atoms with Crippen molar-refractivity contribution in [3.05, 3.63) is 34.3 Å². The van der Waals surface area contributed by atoms with Crippen LogP contribution in [0.2, 0.25) is 0 Å². The summed E-state index contributed by atoms with van der Waals surface area (Å²) >= 11 is 3.38. The largest absolute Gasteiger partial charge is 0.375 e. The van der Waals surface area contributed by atoms with Crippen LogP contribution < -0.4 is 5.73 Å². The molecule has 0 aromatic heterocycles. The van der Waals surface area contributed by atoms with Gasteiger partial charge in [-0.15, -0.1) is 0 Å². The topological polar surface area (TPSA) is 35.2 Å². The summed E-state index contributed by atoms with van der Waals surface area (Å²) in [5, 5.41) is 0. The number of hydrogen-bond donors (Lipinski definition) is 1. The fraction of sp³-hybridized carbons (Fsp3) is 0.500. The first-order valence-electron chi connectivity index (χ1n) is 5.44. The normalized spacial score (nSPS) is 13.0. The smallest absolute Gasteiger partial charge is 0.261 e. The number of ether oxygens (including phenoxy) is 1. The predicted molar refractivity (Wildman–Crippen MR) is 67.3 cm³/mol. The lowest BCUT2D eigenvalue weighted by atomic mass is 10.0. The van der Waals surface area contributed by atoms with Gasteiger partial charge in [0.15, 0.2) is 0 Å². The van der Waals surface area contributed by atoms with Gasteiger partial charge in [0.25, 0.3) is 6.43 Å². The highest BCUT2D eigenvalue weighted by molar-refractivity contribution is 9.10. The minimum absolute atomic E-state index is 0.0676. The Balaban J connectivity index is 2.23. The molecule has 17 heavy (non-hydrogen) atoms. The summed E-state index contributed by atoms with van der Waals surface area (Å²) in [7, 11) is 0. The minimum Gasteiger partial charge on any atom is -0.375 e. The molecule has 5 heteroatoms. The molecule has 1 atom stereocenters. The third kappa shape index (κ3) is 6.71. The standard InChI is InChI=1S/C12H16BrF2NO/c13-10-3-1-2-9(6-10)7-11(16)4-5-17-8-12(14)15/h1-3,6,11-12H,4-5,7-8,16H2. The van der Waals surface area contributed by atoms with E-state index in [-0.39, 0.29) is 12.6 Å². The first-order valence-corrected chi connectivity index (χ1v) is 6.23. The van der Waals surface area contributed by atoms with Gasteiger partial charge in [-0.1, -0.05) is 28.1 Å². The molecule has 96 valence electrons. The lowest BCUT2D eigenvalue weighted by Crippen LogP contribution is -2.25. The van der Waals surface area contributed by atoms with E-state index >= 15 is 0 Å². The van der Waals surface area contributed by atoms with Crippen molar-refractivity contribution in [1.29, 1.82) is 0 Å². The Morgan fingerprint density at radius 1 is 1.35 bits per heavy atom. The summed E-state index contributed by atoms with van der Waals surface area (Å²) in [5.41, 5.74) is 7.02. The highest BCUT2D eigenvalue weighted by Crippen LogP contribution is 2.13. The zero-order chi connectivity index (χ0) is 12.7. The molecule has 2 N–H and O–H groups in total. The van der Waals surface area contributed by atoms with Crippen molar-refractivity contribution in [3.8, 4) is 0 Å².